The minimum atomic E-state index is -3.42. The Hall–Kier alpha value is -0.290. The van der Waals surface area contributed by atoms with Crippen molar-refractivity contribution in [2.45, 2.75) is 42.9 Å². The Morgan fingerprint density at radius 2 is 1.90 bits per heavy atom. The van der Waals surface area contributed by atoms with Gasteiger partial charge in [0.15, 0.2) is 9.84 Å². The van der Waals surface area contributed by atoms with E-state index in [0.717, 1.165) is 6.42 Å². The van der Waals surface area contributed by atoms with Crippen molar-refractivity contribution in [1.29, 1.82) is 0 Å². The number of hydrogen-bond acceptors (Lipinski definition) is 3. The predicted molar refractivity (Wildman–Crippen MR) is 83.3 cm³/mol. The lowest BCUT2D eigenvalue weighted by Gasteiger charge is -2.30. The molecule has 1 fully saturated rings. The first-order chi connectivity index (χ1) is 9.20. The fourth-order valence-electron chi connectivity index (χ4n) is 3.08. The number of hydrogen-bond donors (Lipinski definition) is 1. The molecule has 1 aromatic rings. The summed E-state index contributed by atoms with van der Waals surface area (Å²) in [6.45, 7) is 4.19. The van der Waals surface area contributed by atoms with Gasteiger partial charge in [-0.3, -0.25) is 0 Å². The zero-order valence-corrected chi connectivity index (χ0v) is 14.1. The monoisotopic (exact) mass is 335 g/mol. The normalized spacial score (nSPS) is 25.9. The van der Waals surface area contributed by atoms with Crippen LogP contribution in [0.5, 0.6) is 0 Å². The van der Waals surface area contributed by atoms with Gasteiger partial charge in [-0.1, -0.05) is 37.0 Å². The lowest BCUT2D eigenvalue weighted by molar-refractivity contribution is 0.297. The largest absolute Gasteiger partial charge is 0.315 e. The quantitative estimate of drug-likeness (QED) is 0.918. The summed E-state index contributed by atoms with van der Waals surface area (Å²) in [5.41, 5.74) is -0.0390. The third-order valence-electron chi connectivity index (χ3n) is 4.22. The molecule has 1 N–H and O–H groups in total. The molecule has 1 aliphatic rings. The molecule has 1 aromatic carbocycles. The minimum Gasteiger partial charge on any atom is -0.315 e. The van der Waals surface area contributed by atoms with Crippen LogP contribution in [-0.2, 0) is 9.84 Å². The van der Waals surface area contributed by atoms with E-state index in [9.17, 15) is 8.42 Å². The Labute approximate surface area is 130 Å². The first-order valence-corrected chi connectivity index (χ1v) is 8.86. The van der Waals surface area contributed by atoms with Gasteiger partial charge in [-0.25, -0.2) is 8.42 Å². The van der Waals surface area contributed by atoms with Gasteiger partial charge in [-0.2, -0.15) is 0 Å². The van der Waals surface area contributed by atoms with Crippen LogP contribution in [-0.4, -0.2) is 26.8 Å². The van der Waals surface area contributed by atoms with E-state index in [4.69, 9.17) is 23.2 Å². The molecule has 0 radical (unpaired) electrons. The second-order valence-electron chi connectivity index (χ2n) is 5.95. The highest BCUT2D eigenvalue weighted by Crippen LogP contribution is 2.42. The highest BCUT2D eigenvalue weighted by molar-refractivity contribution is 7.92. The zero-order valence-electron chi connectivity index (χ0n) is 11.8. The Bertz CT molecular complexity index is 614. The van der Waals surface area contributed by atoms with E-state index in [1.54, 1.807) is 0 Å². The van der Waals surface area contributed by atoms with Crippen molar-refractivity contribution in [3.05, 3.63) is 28.2 Å². The third-order valence-corrected chi connectivity index (χ3v) is 7.17. The van der Waals surface area contributed by atoms with Crippen molar-refractivity contribution in [2.75, 3.05) is 7.05 Å². The van der Waals surface area contributed by atoms with Gasteiger partial charge in [0.2, 0.25) is 0 Å². The van der Waals surface area contributed by atoms with Crippen LogP contribution in [0, 0.1) is 5.41 Å². The molecule has 2 atom stereocenters. The summed E-state index contributed by atoms with van der Waals surface area (Å²) in [5.74, 6) is 0. The van der Waals surface area contributed by atoms with E-state index < -0.39 is 15.1 Å². The van der Waals surface area contributed by atoms with Crippen molar-refractivity contribution in [2.24, 2.45) is 5.41 Å². The number of halogens is 2. The van der Waals surface area contributed by atoms with Crippen LogP contribution >= 0.6 is 23.2 Å². The number of nitrogens with one attached hydrogen (secondary N) is 1. The molecule has 2 rings (SSSR count). The number of sulfone groups is 1. The molecule has 0 amide bonds. The molecule has 1 aliphatic carbocycles. The lowest BCUT2D eigenvalue weighted by Crippen LogP contribution is -2.45. The summed E-state index contributed by atoms with van der Waals surface area (Å²) < 4.78 is 25.6. The maximum absolute atomic E-state index is 12.8. The summed E-state index contributed by atoms with van der Waals surface area (Å²) in [6.07, 6.45) is 1.53. The molecule has 20 heavy (non-hydrogen) atoms. The predicted octanol–water partition coefficient (Wildman–Crippen LogP) is 3.54. The molecule has 0 spiro atoms. The van der Waals surface area contributed by atoms with Gasteiger partial charge in [-0.15, -0.1) is 0 Å². The maximum Gasteiger partial charge on any atom is 0.182 e. The number of rotatable bonds is 3. The molecule has 112 valence electrons. The van der Waals surface area contributed by atoms with Gasteiger partial charge < -0.3 is 5.32 Å². The van der Waals surface area contributed by atoms with Gasteiger partial charge in [0.25, 0.3) is 0 Å². The average Bonchev–Trinajstić information content (AvgIpc) is 2.68. The van der Waals surface area contributed by atoms with E-state index in [1.807, 2.05) is 7.05 Å². The van der Waals surface area contributed by atoms with Crippen LogP contribution in [0.3, 0.4) is 0 Å². The molecular formula is C14H19Cl2NO2S. The molecule has 0 aliphatic heterocycles. The molecular weight excluding hydrogens is 317 g/mol. The molecule has 3 nitrogen and oxygen atoms in total. The second kappa shape index (κ2) is 5.48. The van der Waals surface area contributed by atoms with Crippen molar-refractivity contribution < 1.29 is 8.42 Å². The van der Waals surface area contributed by atoms with Gasteiger partial charge in [0.05, 0.1) is 20.2 Å². The van der Waals surface area contributed by atoms with Crippen LogP contribution < -0.4 is 5.32 Å². The SMILES string of the molecule is CNC1C(S(=O)(=O)c2ccc(Cl)c(Cl)c2)CCC1(C)C. The van der Waals surface area contributed by atoms with Crippen LogP contribution in [0.1, 0.15) is 26.7 Å². The topological polar surface area (TPSA) is 46.2 Å². The summed E-state index contributed by atoms with van der Waals surface area (Å²) in [4.78, 5) is 0.245. The van der Waals surface area contributed by atoms with Gasteiger partial charge in [0.1, 0.15) is 0 Å². The Morgan fingerprint density at radius 1 is 1.25 bits per heavy atom. The van der Waals surface area contributed by atoms with Crippen LogP contribution in [0.25, 0.3) is 0 Å². The smallest absolute Gasteiger partial charge is 0.182 e. The molecule has 0 saturated heterocycles. The molecule has 0 aromatic heterocycles. The van der Waals surface area contributed by atoms with Crippen LogP contribution in [0.4, 0.5) is 0 Å². The van der Waals surface area contributed by atoms with Crippen molar-refractivity contribution in [3.63, 3.8) is 0 Å². The Morgan fingerprint density at radius 3 is 2.45 bits per heavy atom. The summed E-state index contributed by atoms with van der Waals surface area (Å²) in [6, 6.07) is 4.44. The maximum atomic E-state index is 12.8. The summed E-state index contributed by atoms with van der Waals surface area (Å²) in [7, 11) is -1.60. The lowest BCUT2D eigenvalue weighted by atomic mass is 9.87. The van der Waals surface area contributed by atoms with Gasteiger partial charge in [0, 0.05) is 6.04 Å². The second-order valence-corrected chi connectivity index (χ2v) is 8.93. The first-order valence-electron chi connectivity index (χ1n) is 6.56. The minimum absolute atomic E-state index is 0.0390. The standard InChI is InChI=1S/C14H19Cl2NO2S/c1-14(2)7-6-12(13(14)17-3)20(18,19)9-4-5-10(15)11(16)8-9/h4-5,8,12-13,17H,6-7H2,1-3H3. The Balaban J connectivity index is 2.42. The van der Waals surface area contributed by atoms with Crippen molar-refractivity contribution in [3.8, 4) is 0 Å². The van der Waals surface area contributed by atoms with Crippen LogP contribution in [0.2, 0.25) is 10.0 Å². The van der Waals surface area contributed by atoms with Gasteiger partial charge >= 0.3 is 0 Å². The fourth-order valence-corrected chi connectivity index (χ4v) is 5.62. The fraction of sp³-hybridized carbons (Fsp3) is 0.571. The molecule has 2 unspecified atom stereocenters. The molecule has 0 heterocycles. The van der Waals surface area contributed by atoms with Gasteiger partial charge in [-0.05, 0) is 43.5 Å². The molecule has 6 heteroatoms. The first kappa shape index (κ1) is 16.1. The number of benzene rings is 1. The van der Waals surface area contributed by atoms with E-state index >= 15 is 0 Å². The molecule has 0 bridgehead atoms. The van der Waals surface area contributed by atoms with E-state index in [0.29, 0.717) is 11.4 Å². The van der Waals surface area contributed by atoms with E-state index in [-0.39, 0.29) is 21.4 Å². The van der Waals surface area contributed by atoms with Crippen molar-refractivity contribution >= 4 is 33.0 Å². The summed E-state index contributed by atoms with van der Waals surface area (Å²) >= 11 is 11.8. The zero-order chi connectivity index (χ0) is 15.1. The van der Waals surface area contributed by atoms with E-state index in [2.05, 4.69) is 19.2 Å². The molecule has 1 saturated carbocycles. The highest BCUT2D eigenvalue weighted by atomic mass is 35.5. The summed E-state index contributed by atoms with van der Waals surface area (Å²) in [5, 5.41) is 3.37. The van der Waals surface area contributed by atoms with E-state index in [1.165, 1.54) is 18.2 Å². The van der Waals surface area contributed by atoms with Crippen molar-refractivity contribution in [1.82, 2.24) is 5.32 Å². The third kappa shape index (κ3) is 2.71. The highest BCUT2D eigenvalue weighted by Gasteiger charge is 2.47. The Kier molecular flexibility index (Phi) is 4.41. The average molecular weight is 336 g/mol. The van der Waals surface area contributed by atoms with Crippen LogP contribution in [0.15, 0.2) is 23.1 Å².